The summed E-state index contributed by atoms with van der Waals surface area (Å²) in [6, 6.07) is -0.155. The van der Waals surface area contributed by atoms with Crippen LogP contribution in [0.15, 0.2) is 12.2 Å². The average Bonchev–Trinajstić information content (AvgIpc) is 2.32. The van der Waals surface area contributed by atoms with Crippen LogP contribution in [0.1, 0.15) is 40.5 Å². The minimum atomic E-state index is -0.202. The first-order valence-electron chi connectivity index (χ1n) is 6.65. The minimum absolute atomic E-state index is 0.119. The summed E-state index contributed by atoms with van der Waals surface area (Å²) >= 11 is 1.12. The van der Waals surface area contributed by atoms with E-state index in [1.54, 1.807) is 6.92 Å². The smallest absolute Gasteiger partial charge is 0.217 e. The summed E-state index contributed by atoms with van der Waals surface area (Å²) in [7, 11) is 0. The Labute approximate surface area is 125 Å². The molecule has 0 radical (unpaired) electrons. The van der Waals surface area contributed by atoms with E-state index in [0.29, 0.717) is 12.1 Å². The van der Waals surface area contributed by atoms with E-state index in [4.69, 9.17) is 0 Å². The van der Waals surface area contributed by atoms with Crippen molar-refractivity contribution < 1.29 is 14.4 Å². The molecule has 2 N–H and O–H groups in total. The molecule has 0 saturated carbocycles. The number of hydrogen-bond acceptors (Lipinski definition) is 4. The lowest BCUT2D eigenvalue weighted by Gasteiger charge is -2.26. The summed E-state index contributed by atoms with van der Waals surface area (Å²) < 4.78 is 0. The molecule has 0 aliphatic carbocycles. The number of amides is 2. The SMILES string of the molecule is C=C(C)C(=O)SC(CNC(C)=O)C(CCC)NC(C)=O. The lowest BCUT2D eigenvalue weighted by Crippen LogP contribution is -2.46. The zero-order chi connectivity index (χ0) is 15.7. The highest BCUT2D eigenvalue weighted by atomic mass is 32.2. The van der Waals surface area contributed by atoms with E-state index < -0.39 is 0 Å². The monoisotopic (exact) mass is 300 g/mol. The highest BCUT2D eigenvalue weighted by Crippen LogP contribution is 2.21. The lowest BCUT2D eigenvalue weighted by molar-refractivity contribution is -0.119. The van der Waals surface area contributed by atoms with Gasteiger partial charge in [-0.05, 0) is 18.9 Å². The van der Waals surface area contributed by atoms with Crippen LogP contribution in [0.5, 0.6) is 0 Å². The average molecular weight is 300 g/mol. The van der Waals surface area contributed by atoms with Crippen molar-refractivity contribution in [3.8, 4) is 0 Å². The standard InChI is InChI=1S/C14H24N2O3S/c1-6-7-12(16-11(5)18)13(8-15-10(4)17)20-14(19)9(2)3/h12-13H,2,6-8H2,1,3-5H3,(H,15,17)(H,16,18). The van der Waals surface area contributed by atoms with Crippen molar-refractivity contribution in [2.45, 2.75) is 51.8 Å². The Balaban J connectivity index is 4.90. The Bertz CT molecular complexity index is 383. The van der Waals surface area contributed by atoms with Gasteiger partial charge in [-0.2, -0.15) is 0 Å². The van der Waals surface area contributed by atoms with Crippen LogP contribution in [0, 0.1) is 0 Å². The van der Waals surface area contributed by atoms with Crippen molar-refractivity contribution in [3.05, 3.63) is 12.2 Å². The molecule has 2 atom stereocenters. The zero-order valence-corrected chi connectivity index (χ0v) is 13.4. The van der Waals surface area contributed by atoms with Gasteiger partial charge in [-0.15, -0.1) is 0 Å². The molecular weight excluding hydrogens is 276 g/mol. The fourth-order valence-electron chi connectivity index (χ4n) is 1.67. The highest BCUT2D eigenvalue weighted by Gasteiger charge is 2.25. The Morgan fingerprint density at radius 1 is 1.15 bits per heavy atom. The molecule has 0 aliphatic heterocycles. The second kappa shape index (κ2) is 9.58. The van der Waals surface area contributed by atoms with Crippen LogP contribution in [0.2, 0.25) is 0 Å². The molecule has 0 fully saturated rings. The topological polar surface area (TPSA) is 75.3 Å². The molecule has 0 saturated heterocycles. The summed E-state index contributed by atoms with van der Waals surface area (Å²) in [6.07, 6.45) is 1.63. The Kier molecular flexibility index (Phi) is 8.96. The van der Waals surface area contributed by atoms with E-state index in [0.717, 1.165) is 24.6 Å². The fraction of sp³-hybridized carbons (Fsp3) is 0.643. The van der Waals surface area contributed by atoms with Crippen LogP contribution in [0.4, 0.5) is 0 Å². The maximum Gasteiger partial charge on any atom is 0.217 e. The van der Waals surface area contributed by atoms with Crippen LogP contribution in [-0.4, -0.2) is 34.8 Å². The van der Waals surface area contributed by atoms with E-state index in [1.807, 2.05) is 6.92 Å². The molecule has 114 valence electrons. The lowest BCUT2D eigenvalue weighted by atomic mass is 10.1. The summed E-state index contributed by atoms with van der Waals surface area (Å²) in [4.78, 5) is 34.2. The van der Waals surface area contributed by atoms with Crippen molar-refractivity contribution in [3.63, 3.8) is 0 Å². The molecule has 0 bridgehead atoms. The minimum Gasteiger partial charge on any atom is -0.355 e. The van der Waals surface area contributed by atoms with Crippen molar-refractivity contribution in [2.75, 3.05) is 6.54 Å². The van der Waals surface area contributed by atoms with Gasteiger partial charge in [-0.25, -0.2) is 0 Å². The molecule has 20 heavy (non-hydrogen) atoms. The first-order valence-corrected chi connectivity index (χ1v) is 7.53. The third-order valence-corrected chi connectivity index (χ3v) is 3.96. The van der Waals surface area contributed by atoms with Gasteiger partial charge in [0.1, 0.15) is 0 Å². The van der Waals surface area contributed by atoms with Crippen LogP contribution in [0.25, 0.3) is 0 Å². The number of nitrogens with one attached hydrogen (secondary N) is 2. The first-order chi connectivity index (χ1) is 9.27. The van der Waals surface area contributed by atoms with Crippen LogP contribution in [-0.2, 0) is 14.4 Å². The molecule has 6 heteroatoms. The van der Waals surface area contributed by atoms with E-state index in [9.17, 15) is 14.4 Å². The Hall–Kier alpha value is -1.30. The van der Waals surface area contributed by atoms with Crippen molar-refractivity contribution in [1.29, 1.82) is 0 Å². The molecule has 0 spiro atoms. The van der Waals surface area contributed by atoms with E-state index >= 15 is 0 Å². The maximum atomic E-state index is 11.8. The Morgan fingerprint density at radius 3 is 2.15 bits per heavy atom. The number of carbonyl (C=O) groups is 3. The number of hydrogen-bond donors (Lipinski definition) is 2. The molecule has 0 rings (SSSR count). The molecule has 0 aliphatic rings. The van der Waals surface area contributed by atoms with E-state index in [2.05, 4.69) is 17.2 Å². The molecule has 2 amide bonds. The quantitative estimate of drug-likeness (QED) is 0.668. The zero-order valence-electron chi connectivity index (χ0n) is 12.6. The second-order valence-electron chi connectivity index (χ2n) is 4.76. The van der Waals surface area contributed by atoms with Crippen LogP contribution in [0.3, 0.4) is 0 Å². The van der Waals surface area contributed by atoms with Crippen molar-refractivity contribution in [2.24, 2.45) is 0 Å². The third kappa shape index (κ3) is 7.99. The maximum absolute atomic E-state index is 11.8. The van der Waals surface area contributed by atoms with Crippen LogP contribution < -0.4 is 10.6 Å². The summed E-state index contributed by atoms with van der Waals surface area (Å²) in [5, 5.41) is 5.24. The molecular formula is C14H24N2O3S. The summed E-state index contributed by atoms with van der Waals surface area (Å²) in [5.74, 6) is -0.295. The molecule has 0 aromatic heterocycles. The summed E-state index contributed by atoms with van der Waals surface area (Å²) in [5.41, 5.74) is 0.459. The molecule has 0 aromatic rings. The van der Waals surface area contributed by atoms with Gasteiger partial charge < -0.3 is 10.6 Å². The largest absolute Gasteiger partial charge is 0.355 e. The fourth-order valence-corrected chi connectivity index (χ4v) is 2.68. The van der Waals surface area contributed by atoms with Crippen LogP contribution >= 0.6 is 11.8 Å². The highest BCUT2D eigenvalue weighted by molar-refractivity contribution is 8.14. The normalized spacial score (nSPS) is 13.2. The van der Waals surface area contributed by atoms with Gasteiger partial charge in [-0.1, -0.05) is 31.7 Å². The van der Waals surface area contributed by atoms with Gasteiger partial charge >= 0.3 is 0 Å². The van der Waals surface area contributed by atoms with E-state index in [1.165, 1.54) is 13.8 Å². The van der Waals surface area contributed by atoms with Crippen molar-refractivity contribution >= 4 is 28.7 Å². The van der Waals surface area contributed by atoms with Gasteiger partial charge in [0.05, 0.1) is 5.25 Å². The predicted molar refractivity (Wildman–Crippen MR) is 82.4 cm³/mol. The van der Waals surface area contributed by atoms with Gasteiger partial charge in [0.2, 0.25) is 16.9 Å². The summed E-state index contributed by atoms with van der Waals surface area (Å²) in [6.45, 7) is 10.5. The van der Waals surface area contributed by atoms with Gasteiger partial charge in [-0.3, -0.25) is 14.4 Å². The van der Waals surface area contributed by atoms with Gasteiger partial charge in [0, 0.05) is 26.4 Å². The van der Waals surface area contributed by atoms with E-state index in [-0.39, 0.29) is 28.2 Å². The van der Waals surface area contributed by atoms with Crippen molar-refractivity contribution in [1.82, 2.24) is 10.6 Å². The van der Waals surface area contributed by atoms with Gasteiger partial charge in [0.25, 0.3) is 0 Å². The Morgan fingerprint density at radius 2 is 1.75 bits per heavy atom. The number of rotatable bonds is 8. The predicted octanol–water partition coefficient (Wildman–Crippen LogP) is 1.63. The number of thioether (sulfide) groups is 1. The third-order valence-electron chi connectivity index (χ3n) is 2.60. The number of carbonyl (C=O) groups excluding carboxylic acids is 3. The van der Waals surface area contributed by atoms with Gasteiger partial charge in [0.15, 0.2) is 0 Å². The molecule has 0 aromatic carbocycles. The second-order valence-corrected chi connectivity index (χ2v) is 5.97. The molecule has 0 heterocycles. The first kappa shape index (κ1) is 18.7. The molecule has 2 unspecified atom stereocenters. The molecule has 5 nitrogen and oxygen atoms in total.